The van der Waals surface area contributed by atoms with Crippen LogP contribution in [0.1, 0.15) is 0 Å². The lowest BCUT2D eigenvalue weighted by molar-refractivity contribution is -0.207. The van der Waals surface area contributed by atoms with Crippen LogP contribution in [0.2, 0.25) is 0 Å². The van der Waals surface area contributed by atoms with Crippen molar-refractivity contribution in [1.29, 1.82) is 0 Å². The summed E-state index contributed by atoms with van der Waals surface area (Å²) in [7, 11) is 0. The van der Waals surface area contributed by atoms with E-state index in [0.717, 1.165) is 0 Å². The van der Waals surface area contributed by atoms with E-state index in [1.807, 2.05) is 0 Å². The number of hydrogen-bond donors (Lipinski definition) is 3. The number of nitrogens with one attached hydrogen (secondary N) is 2. The molecule has 0 aromatic rings. The molecule has 1 atom stereocenters. The Labute approximate surface area is 131 Å². The number of carbonyl (C=O) groups excluding carboxylic acids is 3. The van der Waals surface area contributed by atoms with Crippen molar-refractivity contribution in [2.75, 3.05) is 13.1 Å². The molecule has 0 saturated heterocycles. The van der Waals surface area contributed by atoms with Crippen LogP contribution in [0, 0.1) is 0 Å². The first-order valence-electron chi connectivity index (χ1n) is 4.98. The summed E-state index contributed by atoms with van der Waals surface area (Å²) in [5, 5.41) is 2.17. The summed E-state index contributed by atoms with van der Waals surface area (Å²) in [6.07, 6.45) is -5.19. The Morgan fingerprint density at radius 3 is 2.29 bits per heavy atom. The first kappa shape index (κ1) is 20.1. The van der Waals surface area contributed by atoms with Gasteiger partial charge in [0.1, 0.15) is 6.54 Å². The molecule has 0 rings (SSSR count). The first-order chi connectivity index (χ1) is 9.54. The quantitative estimate of drug-likeness (QED) is 0.196. The van der Waals surface area contributed by atoms with E-state index in [1.165, 1.54) is 5.48 Å². The molecule has 0 aromatic carbocycles. The fraction of sp³-hybridized carbons (Fsp3) is 0.625. The number of hydrogen-bond acceptors (Lipinski definition) is 7. The molecule has 0 bridgehead atoms. The molecule has 0 saturated carbocycles. The van der Waals surface area contributed by atoms with Crippen LogP contribution in [-0.4, -0.2) is 47.4 Å². The molecule has 0 radical (unpaired) electrons. The van der Waals surface area contributed by atoms with Crippen LogP contribution in [-0.2, 0) is 24.0 Å². The molecule has 1 unspecified atom stereocenters. The number of amides is 1. The van der Waals surface area contributed by atoms with Gasteiger partial charge in [0.05, 0.1) is 6.54 Å². The summed E-state index contributed by atoms with van der Waals surface area (Å²) in [5.74, 6) is -4.33. The van der Waals surface area contributed by atoms with Gasteiger partial charge in [0.25, 0.3) is 5.91 Å². The molecular weight excluding hydrogens is 364 g/mol. The number of rotatable bonds is 7. The molecule has 0 spiro atoms. The topological polar surface area (TPSA) is 93.7 Å². The maximum Gasteiger partial charge on any atom is 0.492 e. The molecule has 0 fully saturated rings. The third-order valence-corrected chi connectivity index (χ3v) is 2.21. The average molecular weight is 373 g/mol. The molecule has 0 heterocycles. The third kappa shape index (κ3) is 9.61. The minimum Gasteiger partial charge on any atom is -0.449 e. The number of esters is 1. The summed E-state index contributed by atoms with van der Waals surface area (Å²) in [4.78, 5) is 34.5. The van der Waals surface area contributed by atoms with Gasteiger partial charge in [-0.1, -0.05) is 23.2 Å². The highest BCUT2D eigenvalue weighted by Crippen LogP contribution is 2.15. The third-order valence-electron chi connectivity index (χ3n) is 1.53. The predicted molar refractivity (Wildman–Crippen MR) is 67.5 cm³/mol. The molecular formula is C8H9Cl2F3N2O5S. The number of carbonyl (C=O) groups is 3. The highest BCUT2D eigenvalue weighted by atomic mass is 35.5. The van der Waals surface area contributed by atoms with E-state index in [9.17, 15) is 27.6 Å². The smallest absolute Gasteiger partial charge is 0.449 e. The van der Waals surface area contributed by atoms with Gasteiger partial charge in [-0.15, -0.1) is 18.1 Å². The Morgan fingerprint density at radius 1 is 1.24 bits per heavy atom. The molecule has 2 N–H and O–H groups in total. The molecule has 1 amide bonds. The molecule has 0 aliphatic rings. The van der Waals surface area contributed by atoms with E-state index in [4.69, 9.17) is 23.2 Å². The van der Waals surface area contributed by atoms with Crippen LogP contribution >= 0.6 is 35.8 Å². The van der Waals surface area contributed by atoms with E-state index in [2.05, 4.69) is 27.5 Å². The van der Waals surface area contributed by atoms with Gasteiger partial charge in [-0.25, -0.2) is 4.79 Å². The standard InChI is InChI=1S/C8H9Cl2F3N2O5S/c9-5(10)6(17)14-2-4(21)19-3(16)1-15-20-7(18)8(11,12)13/h4-5,15,21H,1-2H2,(H,14,17). The van der Waals surface area contributed by atoms with Gasteiger partial charge >= 0.3 is 18.1 Å². The number of halogens is 5. The van der Waals surface area contributed by atoms with Crippen molar-refractivity contribution in [2.45, 2.75) is 16.4 Å². The van der Waals surface area contributed by atoms with Crippen molar-refractivity contribution in [3.05, 3.63) is 0 Å². The number of thiol groups is 1. The number of alkyl halides is 5. The summed E-state index contributed by atoms with van der Waals surface area (Å²) < 4.78 is 39.7. The Balaban J connectivity index is 3.89. The van der Waals surface area contributed by atoms with Crippen LogP contribution in [0.5, 0.6) is 0 Å². The fourth-order valence-corrected chi connectivity index (χ4v) is 1.08. The van der Waals surface area contributed by atoms with Crippen LogP contribution in [0.25, 0.3) is 0 Å². The zero-order chi connectivity index (χ0) is 16.6. The van der Waals surface area contributed by atoms with E-state index < -0.39 is 40.8 Å². The lowest BCUT2D eigenvalue weighted by atomic mass is 10.6. The monoisotopic (exact) mass is 372 g/mol. The summed E-state index contributed by atoms with van der Waals surface area (Å²) in [6, 6.07) is 0. The van der Waals surface area contributed by atoms with Gasteiger partial charge in [-0.05, 0) is 0 Å². The van der Waals surface area contributed by atoms with Crippen LogP contribution < -0.4 is 10.8 Å². The highest BCUT2D eigenvalue weighted by Gasteiger charge is 2.41. The molecule has 7 nitrogen and oxygen atoms in total. The SMILES string of the molecule is O=C(CNOC(=O)C(F)(F)F)OC(S)CNC(=O)C(Cl)Cl. The van der Waals surface area contributed by atoms with Gasteiger partial charge < -0.3 is 14.9 Å². The summed E-state index contributed by atoms with van der Waals surface area (Å²) in [6.45, 7) is -1.09. The molecule has 0 aliphatic carbocycles. The predicted octanol–water partition coefficient (Wildman–Crippen LogP) is 0.315. The second kappa shape index (κ2) is 9.18. The number of ether oxygens (including phenoxy) is 1. The lowest BCUT2D eigenvalue weighted by Gasteiger charge is -2.14. The minimum absolute atomic E-state index is 0.244. The van der Waals surface area contributed by atoms with Crippen molar-refractivity contribution >= 4 is 53.7 Å². The summed E-state index contributed by atoms with van der Waals surface area (Å²) in [5.41, 5.74) is 0.369. The second-order valence-electron chi connectivity index (χ2n) is 3.20. The van der Waals surface area contributed by atoms with Crippen LogP contribution in [0.15, 0.2) is 0 Å². The molecule has 0 aromatic heterocycles. The Kier molecular flexibility index (Phi) is 8.78. The molecule has 0 aliphatic heterocycles. The minimum atomic E-state index is -5.19. The van der Waals surface area contributed by atoms with E-state index >= 15 is 0 Å². The maximum atomic E-state index is 11.7. The number of hydroxylamine groups is 1. The Hall–Kier alpha value is -0.910. The largest absolute Gasteiger partial charge is 0.492 e. The Morgan fingerprint density at radius 2 is 1.81 bits per heavy atom. The molecule has 13 heteroatoms. The average Bonchev–Trinajstić information content (AvgIpc) is 2.34. The van der Waals surface area contributed by atoms with Crippen molar-refractivity contribution in [1.82, 2.24) is 10.8 Å². The first-order valence-corrected chi connectivity index (χ1v) is 6.37. The van der Waals surface area contributed by atoms with E-state index in [0.29, 0.717) is 0 Å². The maximum absolute atomic E-state index is 11.7. The van der Waals surface area contributed by atoms with Crippen molar-refractivity contribution in [3.8, 4) is 0 Å². The van der Waals surface area contributed by atoms with Gasteiger partial charge in [0, 0.05) is 0 Å². The highest BCUT2D eigenvalue weighted by molar-refractivity contribution is 7.80. The van der Waals surface area contributed by atoms with Crippen LogP contribution in [0.4, 0.5) is 13.2 Å². The lowest BCUT2D eigenvalue weighted by Crippen LogP contribution is -2.38. The molecule has 21 heavy (non-hydrogen) atoms. The zero-order valence-electron chi connectivity index (χ0n) is 9.95. The second-order valence-corrected chi connectivity index (χ2v) is 4.87. The van der Waals surface area contributed by atoms with E-state index in [-0.39, 0.29) is 6.54 Å². The fourth-order valence-electron chi connectivity index (χ4n) is 0.719. The Bertz CT molecular complexity index is 397. The van der Waals surface area contributed by atoms with Gasteiger partial charge in [-0.3, -0.25) is 9.59 Å². The van der Waals surface area contributed by atoms with Gasteiger partial charge in [-0.2, -0.15) is 13.2 Å². The molecule has 122 valence electrons. The van der Waals surface area contributed by atoms with Gasteiger partial charge in [0.15, 0.2) is 10.3 Å². The van der Waals surface area contributed by atoms with Crippen molar-refractivity contribution in [2.24, 2.45) is 0 Å². The summed E-state index contributed by atoms with van der Waals surface area (Å²) >= 11 is 14.2. The normalized spacial score (nSPS) is 12.7. The van der Waals surface area contributed by atoms with Crippen LogP contribution in [0.3, 0.4) is 0 Å². The zero-order valence-corrected chi connectivity index (χ0v) is 12.4. The van der Waals surface area contributed by atoms with Crippen molar-refractivity contribution in [3.63, 3.8) is 0 Å². The van der Waals surface area contributed by atoms with Crippen molar-refractivity contribution < 1.29 is 37.1 Å². The van der Waals surface area contributed by atoms with Gasteiger partial charge in [0.2, 0.25) is 0 Å². The van der Waals surface area contributed by atoms with E-state index in [1.54, 1.807) is 0 Å².